The molecule has 0 fully saturated rings. The summed E-state index contributed by atoms with van der Waals surface area (Å²) in [6, 6.07) is 141. The van der Waals surface area contributed by atoms with Crippen LogP contribution in [0.15, 0.2) is 437 Å². The molecule has 10 nitrogen and oxygen atoms in total. The fourth-order valence-corrected chi connectivity index (χ4v) is 15.3. The van der Waals surface area contributed by atoms with Crippen molar-refractivity contribution >= 4 is 106 Å². The second-order valence-electron chi connectivity index (χ2n) is 32.6. The Hall–Kier alpha value is -20.8. The Morgan fingerprint density at radius 3 is 0.225 bits per heavy atom. The molecule has 0 saturated heterocycles. The Labute approximate surface area is 825 Å². The number of nitrogens with zero attached hydrogens (tertiary/aromatic N) is 4. The van der Waals surface area contributed by atoms with Crippen molar-refractivity contribution in [2.75, 3.05) is 19.6 Å². The number of hydrogen-bond donors (Lipinski definition) is 0. The maximum Gasteiger partial charge on any atom is 0.150 e. The Morgan fingerprint density at radius 1 is 0.0986 bits per heavy atom. The highest BCUT2D eigenvalue weighted by Gasteiger charge is 2.19. The van der Waals surface area contributed by atoms with Gasteiger partial charge in [-0.1, -0.05) is 179 Å². The Bertz CT molecular complexity index is 7200. The van der Waals surface area contributed by atoms with Gasteiger partial charge in [-0.05, 0) is 364 Å². The van der Waals surface area contributed by atoms with E-state index in [1.165, 1.54) is 0 Å². The van der Waals surface area contributed by atoms with E-state index >= 15 is 0 Å². The molecule has 0 N–H and O–H groups in total. The standard InChI is InChI=1S/C132H78N4O6/c137-91-115-31-19-97(20-32-115)1-7-103-43-67-121(68-44-103)133(122-69-45-104(46-70-122)8-2-98-21-33-116(92-138)34-22-98)127-79-55-109(56-80-127)13-16-112-61-85-130(86-62-112)136(131-87-63-113(64-88-131)17-14-110-57-81-128(82-58-110)134(123-71-47-105(48-72-123)9-3-99-23-35-117(93-139)36-24-99)124-73-49-106(50-74-124)10-4-100-25-37-118(94-140)38-26-100)132-89-65-114(66-90-132)18-15-111-59-83-129(84-60-111)135(125-75-51-107(52-76-125)11-5-101-27-39-119(95-141)40-28-101)126-77-53-108(54-78-126)12-6-102-29-41-120(96-142)42-30-102/h19-96H. The molecular formula is C132H78N4O6. The van der Waals surface area contributed by atoms with Crippen molar-refractivity contribution in [1.82, 2.24) is 0 Å². The topological polar surface area (TPSA) is 115 Å². The molecule has 0 heterocycles. The van der Waals surface area contributed by atoms with Gasteiger partial charge >= 0.3 is 0 Å². The van der Waals surface area contributed by atoms with Crippen molar-refractivity contribution < 1.29 is 28.8 Å². The van der Waals surface area contributed by atoms with Gasteiger partial charge in [0.1, 0.15) is 37.7 Å². The van der Waals surface area contributed by atoms with Crippen LogP contribution in [0, 0.1) is 107 Å². The number of carbonyl (C=O) groups is 6. The van der Waals surface area contributed by atoms with Crippen LogP contribution in [0.1, 0.15) is 162 Å². The van der Waals surface area contributed by atoms with E-state index in [4.69, 9.17) is 0 Å². The van der Waals surface area contributed by atoms with Gasteiger partial charge in [-0.3, -0.25) is 28.8 Å². The van der Waals surface area contributed by atoms with Gasteiger partial charge in [0.05, 0.1) is 0 Å². The second kappa shape index (κ2) is 44.8. The van der Waals surface area contributed by atoms with Gasteiger partial charge in [0.2, 0.25) is 0 Å². The monoisotopic (exact) mass is 1810 g/mol. The summed E-state index contributed by atoms with van der Waals surface area (Å²) < 4.78 is 0. The molecule has 18 rings (SSSR count). The predicted molar refractivity (Wildman–Crippen MR) is 569 cm³/mol. The van der Waals surface area contributed by atoms with Crippen LogP contribution >= 0.6 is 0 Å². The lowest BCUT2D eigenvalue weighted by atomic mass is 10.1. The quantitative estimate of drug-likeness (QED) is 0.0607. The number of rotatable bonds is 18. The van der Waals surface area contributed by atoms with Crippen molar-refractivity contribution in [3.63, 3.8) is 0 Å². The SMILES string of the molecule is O=Cc1ccc(C#Cc2ccc(N(c3ccc(C#Cc4ccc(C=O)cc4)cc3)c3ccc(C#Cc4ccc(N(c5ccc(C#Cc6ccc(N(c7ccc(C#Cc8ccc(C=O)cc8)cc7)c7ccc(C#Cc8ccc(C=O)cc8)cc7)cc6)cc5)c5ccc(C#Cc6ccc(N(c7ccc(C#Cc8ccc(C=O)cc8)cc7)c7ccc(C#Cc8ccc(C=O)cc8)cc7)cc6)cc5)cc4)cc3)cc2)cc1. The molecule has 0 aliphatic heterocycles. The zero-order valence-corrected chi connectivity index (χ0v) is 76.3. The summed E-state index contributed by atoms with van der Waals surface area (Å²) in [4.78, 5) is 76.6. The number of aldehydes is 6. The lowest BCUT2D eigenvalue weighted by Crippen LogP contribution is -2.10. The van der Waals surface area contributed by atoms with Crippen molar-refractivity contribution in [2.45, 2.75) is 0 Å². The van der Waals surface area contributed by atoms with Crippen LogP contribution in [0.4, 0.5) is 68.2 Å². The number of benzene rings is 18. The van der Waals surface area contributed by atoms with Gasteiger partial charge in [-0.15, -0.1) is 0 Å². The van der Waals surface area contributed by atoms with Crippen LogP contribution in [0.5, 0.6) is 0 Å². The number of carbonyl (C=O) groups excluding carboxylic acids is 6. The molecule has 0 aliphatic carbocycles. The summed E-state index contributed by atoms with van der Waals surface area (Å²) >= 11 is 0. The van der Waals surface area contributed by atoms with E-state index in [0.29, 0.717) is 33.4 Å². The van der Waals surface area contributed by atoms with Gasteiger partial charge in [0, 0.05) is 202 Å². The summed E-state index contributed by atoms with van der Waals surface area (Å²) in [6.45, 7) is 0. The molecule has 0 bridgehead atoms. The van der Waals surface area contributed by atoms with E-state index in [9.17, 15) is 28.8 Å². The first-order valence-corrected chi connectivity index (χ1v) is 45.4. The highest BCUT2D eigenvalue weighted by molar-refractivity contribution is 5.85. The third-order valence-corrected chi connectivity index (χ3v) is 22.9. The van der Waals surface area contributed by atoms with Crippen LogP contribution in [0.3, 0.4) is 0 Å². The molecule has 0 aliphatic rings. The fourth-order valence-electron chi connectivity index (χ4n) is 15.3. The lowest BCUT2D eigenvalue weighted by molar-refractivity contribution is 0.111. The van der Waals surface area contributed by atoms with Crippen LogP contribution in [0.2, 0.25) is 0 Å². The van der Waals surface area contributed by atoms with E-state index in [1.807, 2.05) is 291 Å². The van der Waals surface area contributed by atoms with Crippen LogP contribution in [-0.4, -0.2) is 37.7 Å². The van der Waals surface area contributed by atoms with E-state index < -0.39 is 0 Å². The molecule has 0 atom stereocenters. The minimum atomic E-state index is 0.591. The zero-order valence-electron chi connectivity index (χ0n) is 76.3. The maximum atomic E-state index is 11.3. The minimum Gasteiger partial charge on any atom is -0.311 e. The van der Waals surface area contributed by atoms with Crippen LogP contribution in [-0.2, 0) is 0 Å². The first-order chi connectivity index (χ1) is 69.9. The summed E-state index contributed by atoms with van der Waals surface area (Å²) in [5, 5.41) is 0. The Morgan fingerprint density at radius 2 is 0.162 bits per heavy atom. The third-order valence-electron chi connectivity index (χ3n) is 22.9. The van der Waals surface area contributed by atoms with Gasteiger partial charge < -0.3 is 19.6 Å². The van der Waals surface area contributed by atoms with Gasteiger partial charge in [-0.2, -0.15) is 0 Å². The highest BCUT2D eigenvalue weighted by atomic mass is 16.1. The second-order valence-corrected chi connectivity index (χ2v) is 32.6. The molecule has 18 aromatic rings. The Balaban J connectivity index is 0.622. The smallest absolute Gasteiger partial charge is 0.150 e. The lowest BCUT2D eigenvalue weighted by Gasteiger charge is -2.25. The van der Waals surface area contributed by atoms with Crippen molar-refractivity contribution in [3.8, 4) is 107 Å². The van der Waals surface area contributed by atoms with Crippen molar-refractivity contribution in [3.05, 3.63) is 570 Å². The fraction of sp³-hybridized carbons (Fsp3) is 0. The molecule has 0 spiro atoms. The molecule has 142 heavy (non-hydrogen) atoms. The first-order valence-electron chi connectivity index (χ1n) is 45.4. The summed E-state index contributed by atoms with van der Waals surface area (Å²) in [5.74, 6) is 59.5. The average molecular weight is 1820 g/mol. The van der Waals surface area contributed by atoms with Gasteiger partial charge in [-0.25, -0.2) is 0 Å². The molecular weight excluding hydrogens is 1740 g/mol. The van der Waals surface area contributed by atoms with Crippen molar-refractivity contribution in [1.29, 1.82) is 0 Å². The largest absolute Gasteiger partial charge is 0.311 e. The van der Waals surface area contributed by atoms with Gasteiger partial charge in [0.15, 0.2) is 0 Å². The molecule has 0 radical (unpaired) electrons. The van der Waals surface area contributed by atoms with Crippen LogP contribution < -0.4 is 19.6 Å². The molecule has 0 amide bonds. The first kappa shape index (κ1) is 91.7. The number of anilines is 12. The molecule has 662 valence electrons. The van der Waals surface area contributed by atoms with Crippen molar-refractivity contribution in [2.24, 2.45) is 0 Å². The summed E-state index contributed by atoms with van der Waals surface area (Å²) in [5.41, 5.74) is 29.1. The minimum absolute atomic E-state index is 0.591. The van der Waals surface area contributed by atoms with Crippen LogP contribution in [0.25, 0.3) is 0 Å². The zero-order chi connectivity index (χ0) is 97.0. The summed E-state index contributed by atoms with van der Waals surface area (Å²) in [6.07, 6.45) is 4.91. The molecule has 0 saturated carbocycles. The van der Waals surface area contributed by atoms with E-state index in [1.54, 1.807) is 72.8 Å². The normalized spacial score (nSPS) is 10.1. The molecule has 18 aromatic carbocycles. The predicted octanol–water partition coefficient (Wildman–Crippen LogP) is 27.0. The molecule has 0 unspecified atom stereocenters. The maximum absolute atomic E-state index is 11.3. The number of hydrogen-bond acceptors (Lipinski definition) is 10. The van der Waals surface area contributed by atoms with E-state index in [2.05, 4.69) is 199 Å². The highest BCUT2D eigenvalue weighted by Crippen LogP contribution is 2.41. The van der Waals surface area contributed by atoms with E-state index in [0.717, 1.165) is 206 Å². The molecule has 10 heteroatoms. The third kappa shape index (κ3) is 23.9. The summed E-state index contributed by atoms with van der Waals surface area (Å²) in [7, 11) is 0. The van der Waals surface area contributed by atoms with E-state index in [-0.39, 0.29) is 0 Å². The average Bonchev–Trinajstić information content (AvgIpc) is 0.807. The Kier molecular flexibility index (Phi) is 29.0. The van der Waals surface area contributed by atoms with Gasteiger partial charge in [0.25, 0.3) is 0 Å². The molecule has 0 aromatic heterocycles.